The van der Waals surface area contributed by atoms with Gasteiger partial charge in [0.2, 0.25) is 0 Å². The molecule has 29 heavy (non-hydrogen) atoms. The van der Waals surface area contributed by atoms with Crippen molar-refractivity contribution in [2.75, 3.05) is 0 Å². The molecule has 0 aromatic carbocycles. The Morgan fingerprint density at radius 3 is 1.41 bits per heavy atom. The second-order valence-corrected chi connectivity index (χ2v) is 10.0. The van der Waals surface area contributed by atoms with Gasteiger partial charge in [-0.05, 0) is 81.0 Å². The molecular formula is C22H33F7. The minimum atomic E-state index is -5.14. The van der Waals surface area contributed by atoms with Gasteiger partial charge in [0.15, 0.2) is 0 Å². The van der Waals surface area contributed by atoms with Gasteiger partial charge in [-0.3, -0.25) is 0 Å². The molecule has 7 heteroatoms. The van der Waals surface area contributed by atoms with E-state index < -0.39 is 36.8 Å². The van der Waals surface area contributed by atoms with Crippen LogP contribution in [0.15, 0.2) is 0 Å². The van der Waals surface area contributed by atoms with Crippen molar-refractivity contribution in [1.82, 2.24) is 0 Å². The van der Waals surface area contributed by atoms with Crippen LogP contribution < -0.4 is 0 Å². The van der Waals surface area contributed by atoms with Crippen molar-refractivity contribution in [3.05, 3.63) is 0 Å². The summed E-state index contributed by atoms with van der Waals surface area (Å²) in [7, 11) is 0. The molecule has 0 aliphatic heterocycles. The van der Waals surface area contributed by atoms with Crippen LogP contribution in [-0.2, 0) is 0 Å². The summed E-state index contributed by atoms with van der Waals surface area (Å²) < 4.78 is 94.1. The maximum Gasteiger partial charge on any atom is 0.394 e. The van der Waals surface area contributed by atoms with Crippen molar-refractivity contribution in [2.45, 2.75) is 102 Å². The normalized spacial score (nSPS) is 42.6. The molecule has 0 saturated heterocycles. The van der Waals surface area contributed by atoms with Gasteiger partial charge in [-0.1, -0.05) is 19.8 Å². The summed E-state index contributed by atoms with van der Waals surface area (Å²) in [6.07, 6.45) is -3.79. The Morgan fingerprint density at radius 2 is 1.00 bits per heavy atom. The summed E-state index contributed by atoms with van der Waals surface area (Å²) in [4.78, 5) is 0. The third kappa shape index (κ3) is 5.81. The van der Waals surface area contributed by atoms with Gasteiger partial charge in [-0.2, -0.15) is 13.2 Å². The number of hydrogen-bond donors (Lipinski definition) is 0. The monoisotopic (exact) mass is 430 g/mol. The number of hydrogen-bond acceptors (Lipinski definition) is 0. The van der Waals surface area contributed by atoms with Crippen LogP contribution in [-0.4, -0.2) is 24.4 Å². The molecule has 3 aliphatic rings. The highest BCUT2D eigenvalue weighted by Gasteiger charge is 2.57. The van der Waals surface area contributed by atoms with E-state index in [0.717, 1.165) is 37.5 Å². The van der Waals surface area contributed by atoms with Crippen molar-refractivity contribution in [3.63, 3.8) is 0 Å². The summed E-state index contributed by atoms with van der Waals surface area (Å²) in [5.41, 5.74) is 0. The van der Waals surface area contributed by atoms with E-state index in [4.69, 9.17) is 0 Å². The molecule has 0 bridgehead atoms. The van der Waals surface area contributed by atoms with Gasteiger partial charge in [0.1, 0.15) is 18.8 Å². The predicted octanol–water partition coefficient (Wildman–Crippen LogP) is 7.91. The summed E-state index contributed by atoms with van der Waals surface area (Å²) in [6, 6.07) is 0. The Balaban J connectivity index is 1.53. The first kappa shape index (κ1) is 23.2. The average Bonchev–Trinajstić information content (AvgIpc) is 2.59. The molecule has 0 heterocycles. The second-order valence-electron chi connectivity index (χ2n) is 10.0. The van der Waals surface area contributed by atoms with Crippen molar-refractivity contribution < 1.29 is 30.7 Å². The first-order chi connectivity index (χ1) is 13.5. The van der Waals surface area contributed by atoms with Crippen LogP contribution >= 0.6 is 0 Å². The van der Waals surface area contributed by atoms with E-state index in [1.165, 1.54) is 25.7 Å². The van der Waals surface area contributed by atoms with Crippen molar-refractivity contribution in [3.8, 4) is 0 Å². The van der Waals surface area contributed by atoms with E-state index in [9.17, 15) is 30.7 Å². The molecular weight excluding hydrogens is 397 g/mol. The van der Waals surface area contributed by atoms with Gasteiger partial charge in [0, 0.05) is 0 Å². The molecule has 3 saturated carbocycles. The lowest BCUT2D eigenvalue weighted by Gasteiger charge is -2.44. The lowest BCUT2D eigenvalue weighted by molar-refractivity contribution is -0.223. The quantitative estimate of drug-likeness (QED) is 0.398. The van der Waals surface area contributed by atoms with Crippen LogP contribution in [0.1, 0.15) is 77.6 Å². The second kappa shape index (κ2) is 8.94. The molecule has 3 fully saturated rings. The van der Waals surface area contributed by atoms with Crippen LogP contribution in [0.3, 0.4) is 0 Å². The van der Waals surface area contributed by atoms with Crippen molar-refractivity contribution in [1.29, 1.82) is 0 Å². The van der Waals surface area contributed by atoms with Gasteiger partial charge < -0.3 is 0 Å². The van der Waals surface area contributed by atoms with Crippen molar-refractivity contribution >= 4 is 0 Å². The SMILES string of the molecule is CC1CCC(C2CCC(C3CC(F)C(C(F)(F)CC(F)(F)F)C(F)C3)CC2)CC1. The molecule has 0 radical (unpaired) electrons. The van der Waals surface area contributed by atoms with Crippen molar-refractivity contribution in [2.24, 2.45) is 35.5 Å². The molecule has 0 amide bonds. The Bertz CT molecular complexity index is 504. The zero-order valence-corrected chi connectivity index (χ0v) is 17.0. The zero-order valence-electron chi connectivity index (χ0n) is 17.0. The average molecular weight is 430 g/mol. The fourth-order valence-electron chi connectivity index (χ4n) is 6.34. The first-order valence-electron chi connectivity index (χ1n) is 11.2. The van der Waals surface area contributed by atoms with E-state index in [1.54, 1.807) is 0 Å². The summed E-state index contributed by atoms with van der Waals surface area (Å²) in [5.74, 6) is -4.97. The van der Waals surface area contributed by atoms with Gasteiger partial charge in [0.05, 0.1) is 5.92 Å². The third-order valence-electron chi connectivity index (χ3n) is 7.97. The number of rotatable bonds is 4. The molecule has 0 aromatic rings. The van der Waals surface area contributed by atoms with Crippen LogP contribution in [0.5, 0.6) is 0 Å². The van der Waals surface area contributed by atoms with Crippen LogP contribution in [0.4, 0.5) is 30.7 Å². The highest BCUT2D eigenvalue weighted by atomic mass is 19.4. The molecule has 0 N–H and O–H groups in total. The van der Waals surface area contributed by atoms with E-state index in [-0.39, 0.29) is 24.7 Å². The molecule has 3 rings (SSSR count). The van der Waals surface area contributed by atoms with E-state index in [1.807, 2.05) is 0 Å². The van der Waals surface area contributed by atoms with Crippen LogP contribution in [0, 0.1) is 35.5 Å². The maximum atomic E-state index is 14.5. The van der Waals surface area contributed by atoms with E-state index >= 15 is 0 Å². The minimum absolute atomic E-state index is 0.0995. The third-order valence-corrected chi connectivity index (χ3v) is 7.97. The minimum Gasteiger partial charge on any atom is -0.247 e. The summed E-state index contributed by atoms with van der Waals surface area (Å²) in [5, 5.41) is 0. The zero-order chi connectivity index (χ0) is 21.4. The number of halogens is 7. The first-order valence-corrected chi connectivity index (χ1v) is 11.2. The van der Waals surface area contributed by atoms with Crippen LogP contribution in [0.25, 0.3) is 0 Å². The predicted molar refractivity (Wildman–Crippen MR) is 98.2 cm³/mol. The van der Waals surface area contributed by atoms with Crippen LogP contribution in [0.2, 0.25) is 0 Å². The number of alkyl halides is 7. The Hall–Kier alpha value is -0.490. The Labute approximate surface area is 169 Å². The summed E-state index contributed by atoms with van der Waals surface area (Å²) >= 11 is 0. The van der Waals surface area contributed by atoms with Gasteiger partial charge in [-0.15, -0.1) is 0 Å². The smallest absolute Gasteiger partial charge is 0.247 e. The molecule has 0 spiro atoms. The standard InChI is InChI=1S/C22H33F7/c1-13-2-4-14(5-3-13)15-6-8-16(9-7-15)17-10-18(23)20(19(24)11-17)21(25,26)12-22(27,28)29/h13-20H,2-12H2,1H3. The molecule has 2 unspecified atom stereocenters. The Kier molecular flexibility index (Phi) is 7.14. The van der Waals surface area contributed by atoms with Gasteiger partial charge in [-0.25, -0.2) is 17.6 Å². The lowest BCUT2D eigenvalue weighted by Crippen LogP contribution is -2.49. The summed E-state index contributed by atoms with van der Waals surface area (Å²) in [6.45, 7) is 2.28. The van der Waals surface area contributed by atoms with E-state index in [2.05, 4.69) is 6.92 Å². The lowest BCUT2D eigenvalue weighted by atomic mass is 9.64. The highest BCUT2D eigenvalue weighted by Crippen LogP contribution is 2.51. The Morgan fingerprint density at radius 1 is 0.621 bits per heavy atom. The molecule has 2 atom stereocenters. The highest BCUT2D eigenvalue weighted by molar-refractivity contribution is 4.97. The fraction of sp³-hybridized carbons (Fsp3) is 1.00. The van der Waals surface area contributed by atoms with Gasteiger partial charge >= 0.3 is 6.18 Å². The topological polar surface area (TPSA) is 0 Å². The van der Waals surface area contributed by atoms with Gasteiger partial charge in [0.25, 0.3) is 5.92 Å². The molecule has 3 aliphatic carbocycles. The molecule has 0 nitrogen and oxygen atoms in total. The maximum absolute atomic E-state index is 14.5. The fourth-order valence-corrected chi connectivity index (χ4v) is 6.34. The molecule has 0 aromatic heterocycles. The molecule has 170 valence electrons. The largest absolute Gasteiger partial charge is 0.394 e. The van der Waals surface area contributed by atoms with E-state index in [0.29, 0.717) is 5.92 Å².